The number of hydrogen-bond donors (Lipinski definition) is 2. The van der Waals surface area contributed by atoms with Gasteiger partial charge in [-0.05, 0) is 24.3 Å². The first-order chi connectivity index (χ1) is 11.9. The van der Waals surface area contributed by atoms with Gasteiger partial charge in [0.15, 0.2) is 0 Å². The molecule has 1 aliphatic heterocycles. The zero-order valence-corrected chi connectivity index (χ0v) is 14.7. The van der Waals surface area contributed by atoms with Crippen LogP contribution in [-0.4, -0.2) is 58.6 Å². The van der Waals surface area contributed by atoms with Gasteiger partial charge in [-0.25, -0.2) is 13.1 Å². The third-order valence-corrected chi connectivity index (χ3v) is 5.19. The van der Waals surface area contributed by atoms with Crippen molar-refractivity contribution in [1.82, 2.24) is 4.72 Å². The van der Waals surface area contributed by atoms with Crippen LogP contribution in [0.5, 0.6) is 5.75 Å². The molecule has 1 aromatic carbocycles. The summed E-state index contributed by atoms with van der Waals surface area (Å²) in [4.78, 5) is 11.4. The van der Waals surface area contributed by atoms with Crippen molar-refractivity contribution in [2.75, 3.05) is 20.8 Å². The fraction of sp³-hybridized carbons (Fsp3) is 0.438. The zero-order chi connectivity index (χ0) is 18.4. The normalized spacial score (nSPS) is 23.2. The molecule has 8 nitrogen and oxygen atoms in total. The highest BCUT2D eigenvalue weighted by atomic mass is 32.2. The molecule has 1 heterocycles. The number of esters is 1. The molecule has 1 aromatic rings. The molecule has 3 atom stereocenters. The monoisotopic (exact) mass is 371 g/mol. The number of methoxy groups -OCH3 is 2. The van der Waals surface area contributed by atoms with Crippen LogP contribution >= 0.6 is 0 Å². The largest absolute Gasteiger partial charge is 0.497 e. The van der Waals surface area contributed by atoms with Gasteiger partial charge < -0.3 is 19.3 Å². The minimum absolute atomic E-state index is 0.0125. The van der Waals surface area contributed by atoms with E-state index in [0.29, 0.717) is 5.75 Å². The Kier molecular flexibility index (Phi) is 6.54. The third kappa shape index (κ3) is 5.02. The van der Waals surface area contributed by atoms with Crippen molar-refractivity contribution in [2.45, 2.75) is 29.6 Å². The van der Waals surface area contributed by atoms with Crippen molar-refractivity contribution in [1.29, 1.82) is 0 Å². The minimum atomic E-state index is -3.81. The summed E-state index contributed by atoms with van der Waals surface area (Å²) in [5.41, 5.74) is 0. The lowest BCUT2D eigenvalue weighted by atomic mass is 10.1. The molecule has 0 aliphatic carbocycles. The lowest BCUT2D eigenvalue weighted by Gasteiger charge is -2.31. The first kappa shape index (κ1) is 19.4. The van der Waals surface area contributed by atoms with Gasteiger partial charge in [-0.2, -0.15) is 0 Å². The number of rotatable bonds is 7. The Labute approximate surface area is 146 Å². The molecule has 138 valence electrons. The Bertz CT molecular complexity index is 715. The predicted octanol–water partition coefficient (Wildman–Crippen LogP) is 0.221. The Hall–Kier alpha value is -1.94. The Morgan fingerprint density at radius 1 is 1.24 bits per heavy atom. The first-order valence-corrected chi connectivity index (χ1v) is 9.05. The molecule has 2 rings (SSSR count). The summed E-state index contributed by atoms with van der Waals surface area (Å²) in [5, 5.41) is 9.48. The number of hydrogen-bond acceptors (Lipinski definition) is 7. The summed E-state index contributed by atoms with van der Waals surface area (Å²) >= 11 is 0. The van der Waals surface area contributed by atoms with Crippen LogP contribution in [0.2, 0.25) is 0 Å². The quantitative estimate of drug-likeness (QED) is 0.521. The van der Waals surface area contributed by atoms with E-state index in [1.54, 1.807) is 12.2 Å². The van der Waals surface area contributed by atoms with Crippen LogP contribution in [-0.2, 0) is 24.3 Å². The second-order valence-corrected chi connectivity index (χ2v) is 7.10. The minimum Gasteiger partial charge on any atom is -0.497 e. The van der Waals surface area contributed by atoms with Gasteiger partial charge in [0.05, 0.1) is 44.3 Å². The maximum atomic E-state index is 12.5. The lowest BCUT2D eigenvalue weighted by molar-refractivity contribution is -0.144. The second kappa shape index (κ2) is 8.43. The van der Waals surface area contributed by atoms with E-state index in [0.717, 1.165) is 0 Å². The molecular weight excluding hydrogens is 350 g/mol. The van der Waals surface area contributed by atoms with Crippen molar-refractivity contribution >= 4 is 16.0 Å². The highest BCUT2D eigenvalue weighted by molar-refractivity contribution is 7.89. The van der Waals surface area contributed by atoms with Crippen LogP contribution in [0.3, 0.4) is 0 Å². The highest BCUT2D eigenvalue weighted by Gasteiger charge is 2.31. The molecular formula is C16H21NO7S. The van der Waals surface area contributed by atoms with Crippen LogP contribution < -0.4 is 9.46 Å². The van der Waals surface area contributed by atoms with Gasteiger partial charge in [0.2, 0.25) is 10.0 Å². The van der Waals surface area contributed by atoms with Crippen LogP contribution in [0.1, 0.15) is 6.42 Å². The molecule has 9 heteroatoms. The SMILES string of the molecule is COC(=O)C[C@H]1C=C[C@@H](NS(=O)(=O)c2ccc(OC)cc2)[C@@H](CO)O1. The number of sulfonamides is 1. The van der Waals surface area contributed by atoms with E-state index in [4.69, 9.17) is 9.47 Å². The molecule has 2 N–H and O–H groups in total. The number of carbonyl (C=O) groups is 1. The van der Waals surface area contributed by atoms with Gasteiger partial charge in [0.1, 0.15) is 11.9 Å². The van der Waals surface area contributed by atoms with Crippen molar-refractivity contribution in [3.63, 3.8) is 0 Å². The molecule has 1 aliphatic rings. The molecule has 0 amide bonds. The van der Waals surface area contributed by atoms with Gasteiger partial charge in [-0.15, -0.1) is 0 Å². The van der Waals surface area contributed by atoms with Crippen molar-refractivity contribution in [3.8, 4) is 5.75 Å². The maximum Gasteiger partial charge on any atom is 0.308 e. The third-order valence-electron chi connectivity index (χ3n) is 3.72. The lowest BCUT2D eigenvalue weighted by Crippen LogP contribution is -2.48. The number of nitrogens with one attached hydrogen (secondary N) is 1. The molecule has 0 unspecified atom stereocenters. The predicted molar refractivity (Wildman–Crippen MR) is 88.6 cm³/mol. The van der Waals surface area contributed by atoms with Crippen molar-refractivity contribution in [3.05, 3.63) is 36.4 Å². The molecule has 0 bridgehead atoms. The summed E-state index contributed by atoms with van der Waals surface area (Å²) in [6.45, 7) is -0.405. The topological polar surface area (TPSA) is 111 Å². The van der Waals surface area contributed by atoms with E-state index in [1.165, 1.54) is 38.5 Å². The number of carbonyl (C=O) groups excluding carboxylic acids is 1. The molecule has 0 radical (unpaired) electrons. The van der Waals surface area contributed by atoms with Gasteiger partial charge >= 0.3 is 5.97 Å². The van der Waals surface area contributed by atoms with Crippen molar-refractivity contribution < 1.29 is 32.5 Å². The molecule has 0 fully saturated rings. The summed E-state index contributed by atoms with van der Waals surface area (Å²) in [7, 11) is -1.06. The molecule has 0 aromatic heterocycles. The second-order valence-electron chi connectivity index (χ2n) is 5.38. The Morgan fingerprint density at radius 2 is 1.92 bits per heavy atom. The first-order valence-electron chi connectivity index (χ1n) is 7.57. The number of ether oxygens (including phenoxy) is 3. The fourth-order valence-corrected chi connectivity index (χ4v) is 3.58. The highest BCUT2D eigenvalue weighted by Crippen LogP contribution is 2.20. The van der Waals surface area contributed by atoms with Crippen LogP contribution in [0, 0.1) is 0 Å². The summed E-state index contributed by atoms with van der Waals surface area (Å²) in [5.74, 6) is 0.0855. The maximum absolute atomic E-state index is 12.5. The summed E-state index contributed by atoms with van der Waals surface area (Å²) < 4.78 is 42.5. The average molecular weight is 371 g/mol. The van der Waals surface area contributed by atoms with Gasteiger partial charge in [-0.3, -0.25) is 4.79 Å². The fourth-order valence-electron chi connectivity index (χ4n) is 2.36. The molecule has 25 heavy (non-hydrogen) atoms. The van der Waals surface area contributed by atoms with Gasteiger partial charge in [0, 0.05) is 0 Å². The molecule has 0 saturated carbocycles. The van der Waals surface area contributed by atoms with E-state index in [2.05, 4.69) is 9.46 Å². The van der Waals surface area contributed by atoms with E-state index < -0.39 is 40.8 Å². The van der Waals surface area contributed by atoms with Crippen LogP contribution in [0.4, 0.5) is 0 Å². The Balaban J connectivity index is 2.11. The number of aliphatic hydroxyl groups excluding tert-OH is 1. The average Bonchev–Trinajstić information content (AvgIpc) is 2.62. The zero-order valence-electron chi connectivity index (χ0n) is 13.9. The smallest absolute Gasteiger partial charge is 0.308 e. The summed E-state index contributed by atoms with van der Waals surface area (Å²) in [6, 6.07) is 5.16. The number of benzene rings is 1. The van der Waals surface area contributed by atoms with E-state index in [1.807, 2.05) is 0 Å². The van der Waals surface area contributed by atoms with E-state index in [-0.39, 0.29) is 11.3 Å². The van der Waals surface area contributed by atoms with Crippen molar-refractivity contribution in [2.24, 2.45) is 0 Å². The summed E-state index contributed by atoms with van der Waals surface area (Å²) in [6.07, 6.45) is 1.74. The van der Waals surface area contributed by atoms with Gasteiger partial charge in [-0.1, -0.05) is 12.2 Å². The molecule has 0 spiro atoms. The standard InChI is InChI=1S/C16H21NO7S/c1-22-11-3-6-13(7-4-11)25(20,21)17-14-8-5-12(9-16(19)23-2)24-15(14)10-18/h3-8,12,14-15,17-18H,9-10H2,1-2H3/t12-,14-,15-/m1/s1. The van der Waals surface area contributed by atoms with E-state index in [9.17, 15) is 18.3 Å². The Morgan fingerprint density at radius 3 is 2.48 bits per heavy atom. The van der Waals surface area contributed by atoms with E-state index >= 15 is 0 Å². The van der Waals surface area contributed by atoms with Crippen LogP contribution in [0.15, 0.2) is 41.3 Å². The number of aliphatic hydroxyl groups is 1. The molecule has 0 saturated heterocycles. The van der Waals surface area contributed by atoms with Crippen LogP contribution in [0.25, 0.3) is 0 Å². The van der Waals surface area contributed by atoms with Gasteiger partial charge in [0.25, 0.3) is 0 Å².